The maximum atomic E-state index is 13.7. The summed E-state index contributed by atoms with van der Waals surface area (Å²) in [4.78, 5) is 30.0. The molecule has 29 heavy (non-hydrogen) atoms. The van der Waals surface area contributed by atoms with Crippen molar-refractivity contribution < 1.29 is 14.1 Å². The number of hydrogen-bond acceptors (Lipinski definition) is 4. The number of carbonyl (C=O) groups is 2. The zero-order valence-electron chi connectivity index (χ0n) is 15.8. The van der Waals surface area contributed by atoms with E-state index in [4.69, 9.17) is 16.1 Å². The lowest BCUT2D eigenvalue weighted by molar-refractivity contribution is 0.0164. The first kappa shape index (κ1) is 17.9. The topological polar surface area (TPSA) is 66.7 Å². The van der Waals surface area contributed by atoms with E-state index in [1.165, 1.54) is 0 Å². The van der Waals surface area contributed by atoms with Gasteiger partial charge in [-0.2, -0.15) is 0 Å². The molecule has 2 aliphatic heterocycles. The van der Waals surface area contributed by atoms with Gasteiger partial charge in [0, 0.05) is 29.8 Å². The Bertz CT molecular complexity index is 1140. The van der Waals surface area contributed by atoms with Crippen LogP contribution < -0.4 is 0 Å². The van der Waals surface area contributed by atoms with E-state index in [0.29, 0.717) is 52.7 Å². The number of halogens is 1. The third-order valence-electron chi connectivity index (χ3n) is 5.59. The Balaban J connectivity index is 1.60. The van der Waals surface area contributed by atoms with Gasteiger partial charge >= 0.3 is 0 Å². The molecule has 1 fully saturated rings. The monoisotopic (exact) mass is 407 g/mol. The Morgan fingerprint density at radius 3 is 2.62 bits per heavy atom. The highest BCUT2D eigenvalue weighted by Gasteiger charge is 2.45. The van der Waals surface area contributed by atoms with Gasteiger partial charge in [0.2, 0.25) is 0 Å². The van der Waals surface area contributed by atoms with Crippen LogP contribution in [0.15, 0.2) is 53.1 Å². The molecule has 0 spiro atoms. The van der Waals surface area contributed by atoms with Crippen LogP contribution in [0.25, 0.3) is 11.3 Å². The van der Waals surface area contributed by atoms with Crippen molar-refractivity contribution in [1.82, 2.24) is 15.0 Å². The molecule has 7 heteroatoms. The normalized spacial score (nSPS) is 18.0. The SMILES string of the molecule is Cc1onc(-c2ccccc2Cl)c1C(=O)N1CCCN2C(=O)c3ccccc3[C@H]21. The lowest BCUT2D eigenvalue weighted by atomic mass is 10.0. The van der Waals surface area contributed by atoms with E-state index >= 15 is 0 Å². The van der Waals surface area contributed by atoms with E-state index in [0.717, 1.165) is 5.56 Å². The number of carbonyl (C=O) groups excluding carboxylic acids is 2. The molecule has 0 bridgehead atoms. The zero-order valence-corrected chi connectivity index (χ0v) is 16.5. The minimum absolute atomic E-state index is 0.0310. The molecule has 2 aromatic carbocycles. The van der Waals surface area contributed by atoms with Crippen LogP contribution in [-0.2, 0) is 0 Å². The molecule has 146 valence electrons. The molecule has 3 heterocycles. The molecular formula is C22H18ClN3O3. The summed E-state index contributed by atoms with van der Waals surface area (Å²) in [5.74, 6) is 0.189. The summed E-state index contributed by atoms with van der Waals surface area (Å²) in [7, 11) is 0. The highest BCUT2D eigenvalue weighted by Crippen LogP contribution is 2.40. The van der Waals surface area contributed by atoms with Gasteiger partial charge in [-0.15, -0.1) is 0 Å². The fourth-order valence-corrected chi connectivity index (χ4v) is 4.49. The molecule has 6 nitrogen and oxygen atoms in total. The van der Waals surface area contributed by atoms with Gasteiger partial charge in [0.1, 0.15) is 23.2 Å². The van der Waals surface area contributed by atoms with Crippen LogP contribution in [0, 0.1) is 6.92 Å². The minimum Gasteiger partial charge on any atom is -0.360 e. The van der Waals surface area contributed by atoms with E-state index < -0.39 is 6.17 Å². The van der Waals surface area contributed by atoms with Crippen LogP contribution >= 0.6 is 11.6 Å². The summed E-state index contributed by atoms with van der Waals surface area (Å²) >= 11 is 6.35. The Kier molecular flexibility index (Phi) is 4.17. The molecule has 0 aliphatic carbocycles. The minimum atomic E-state index is -0.409. The predicted molar refractivity (Wildman–Crippen MR) is 108 cm³/mol. The molecule has 0 saturated carbocycles. The van der Waals surface area contributed by atoms with Crippen molar-refractivity contribution in [2.24, 2.45) is 0 Å². The fraction of sp³-hybridized carbons (Fsp3) is 0.227. The second kappa shape index (κ2) is 6.74. The van der Waals surface area contributed by atoms with Gasteiger partial charge < -0.3 is 14.3 Å². The first-order valence-corrected chi connectivity index (χ1v) is 9.87. The van der Waals surface area contributed by atoms with Gasteiger partial charge in [0.05, 0.1) is 5.02 Å². The number of amides is 2. The average Bonchev–Trinajstić information content (AvgIpc) is 3.26. The van der Waals surface area contributed by atoms with Crippen LogP contribution in [0.3, 0.4) is 0 Å². The summed E-state index contributed by atoms with van der Waals surface area (Å²) in [6, 6.07) is 14.7. The highest BCUT2D eigenvalue weighted by atomic mass is 35.5. The molecule has 1 aromatic heterocycles. The molecule has 3 aromatic rings. The quantitative estimate of drug-likeness (QED) is 0.635. The van der Waals surface area contributed by atoms with Crippen molar-refractivity contribution in [3.8, 4) is 11.3 Å². The molecule has 2 aliphatic rings. The number of benzene rings is 2. The van der Waals surface area contributed by atoms with Crippen LogP contribution in [0.2, 0.25) is 5.02 Å². The van der Waals surface area contributed by atoms with E-state index in [1.807, 2.05) is 42.5 Å². The smallest absolute Gasteiger partial charge is 0.261 e. The maximum absolute atomic E-state index is 13.7. The molecule has 1 saturated heterocycles. The lowest BCUT2D eigenvalue weighted by Gasteiger charge is -2.40. The summed E-state index contributed by atoms with van der Waals surface area (Å²) in [5.41, 5.74) is 2.97. The van der Waals surface area contributed by atoms with Crippen molar-refractivity contribution in [2.45, 2.75) is 19.5 Å². The van der Waals surface area contributed by atoms with Gasteiger partial charge in [0.25, 0.3) is 11.8 Å². The third kappa shape index (κ3) is 2.67. The van der Waals surface area contributed by atoms with E-state index in [-0.39, 0.29) is 11.8 Å². The maximum Gasteiger partial charge on any atom is 0.261 e. The molecule has 5 rings (SSSR count). The van der Waals surface area contributed by atoms with Crippen molar-refractivity contribution in [3.63, 3.8) is 0 Å². The van der Waals surface area contributed by atoms with Gasteiger partial charge in [-0.3, -0.25) is 9.59 Å². The average molecular weight is 408 g/mol. The van der Waals surface area contributed by atoms with Crippen LogP contribution in [0.4, 0.5) is 0 Å². The number of aromatic nitrogens is 1. The van der Waals surface area contributed by atoms with Crippen LogP contribution in [0.5, 0.6) is 0 Å². The number of rotatable bonds is 2. The van der Waals surface area contributed by atoms with Crippen molar-refractivity contribution >= 4 is 23.4 Å². The summed E-state index contributed by atoms with van der Waals surface area (Å²) in [6.45, 7) is 2.90. The van der Waals surface area contributed by atoms with Gasteiger partial charge in [-0.25, -0.2) is 0 Å². The summed E-state index contributed by atoms with van der Waals surface area (Å²) in [5, 5.41) is 4.62. The van der Waals surface area contributed by atoms with E-state index in [9.17, 15) is 9.59 Å². The Hall–Kier alpha value is -3.12. The number of aryl methyl sites for hydroxylation is 1. The largest absolute Gasteiger partial charge is 0.360 e. The van der Waals surface area contributed by atoms with Crippen molar-refractivity contribution in [1.29, 1.82) is 0 Å². The second-order valence-electron chi connectivity index (χ2n) is 7.25. The Morgan fingerprint density at radius 2 is 1.83 bits per heavy atom. The molecule has 0 N–H and O–H groups in total. The predicted octanol–water partition coefficient (Wildman–Crippen LogP) is 4.30. The van der Waals surface area contributed by atoms with Crippen molar-refractivity contribution in [3.05, 3.63) is 76.0 Å². The zero-order chi connectivity index (χ0) is 20.1. The first-order chi connectivity index (χ1) is 14.1. The van der Waals surface area contributed by atoms with Crippen LogP contribution in [0.1, 0.15) is 44.6 Å². The van der Waals surface area contributed by atoms with Gasteiger partial charge in [-0.05, 0) is 25.5 Å². The standard InChI is InChI=1S/C22H18ClN3O3/c1-13-18(19(24-29-13)16-9-4-5-10-17(16)23)22(28)26-12-6-11-25-20(26)14-7-2-3-8-15(14)21(25)27/h2-5,7-10,20H,6,11-12H2,1H3/t20-/m1/s1. The molecule has 2 amide bonds. The van der Waals surface area contributed by atoms with Crippen molar-refractivity contribution in [2.75, 3.05) is 13.1 Å². The van der Waals surface area contributed by atoms with Gasteiger partial charge in [-0.1, -0.05) is 53.2 Å². The number of fused-ring (bicyclic) bond motifs is 3. The first-order valence-electron chi connectivity index (χ1n) is 9.50. The fourth-order valence-electron chi connectivity index (χ4n) is 4.26. The number of hydrogen-bond donors (Lipinski definition) is 0. The molecule has 0 unspecified atom stereocenters. The Labute approximate surface area is 172 Å². The second-order valence-corrected chi connectivity index (χ2v) is 7.66. The lowest BCUT2D eigenvalue weighted by Crippen LogP contribution is -2.48. The third-order valence-corrected chi connectivity index (χ3v) is 5.91. The highest BCUT2D eigenvalue weighted by molar-refractivity contribution is 6.33. The summed E-state index contributed by atoms with van der Waals surface area (Å²) < 4.78 is 5.38. The number of nitrogens with zero attached hydrogens (tertiary/aromatic N) is 3. The van der Waals surface area contributed by atoms with Gasteiger partial charge in [0.15, 0.2) is 0 Å². The van der Waals surface area contributed by atoms with E-state index in [2.05, 4.69) is 5.16 Å². The molecule has 1 atom stereocenters. The van der Waals surface area contributed by atoms with E-state index in [1.54, 1.807) is 22.8 Å². The molecular weight excluding hydrogens is 390 g/mol. The summed E-state index contributed by atoms with van der Waals surface area (Å²) in [6.07, 6.45) is 0.307. The molecule has 0 radical (unpaired) electrons. The van der Waals surface area contributed by atoms with Crippen LogP contribution in [-0.4, -0.2) is 39.9 Å². The Morgan fingerprint density at radius 1 is 1.10 bits per heavy atom.